The predicted molar refractivity (Wildman–Crippen MR) is 113 cm³/mol. The summed E-state index contributed by atoms with van der Waals surface area (Å²) in [6.45, 7) is 13.0. The van der Waals surface area contributed by atoms with Gasteiger partial charge in [0.2, 0.25) is 0 Å². The molecule has 0 unspecified atom stereocenters. The number of amides is 1. The zero-order chi connectivity index (χ0) is 22.1. The second-order valence-electron chi connectivity index (χ2n) is 8.92. The maximum absolute atomic E-state index is 13.2. The molecule has 1 atom stereocenters. The molecule has 8 nitrogen and oxygen atoms in total. The molecule has 1 aromatic carbocycles. The van der Waals surface area contributed by atoms with Crippen LogP contribution in [0.3, 0.4) is 0 Å². The lowest BCUT2D eigenvalue weighted by Gasteiger charge is -2.38. The van der Waals surface area contributed by atoms with Crippen molar-refractivity contribution in [2.75, 3.05) is 13.7 Å². The maximum atomic E-state index is 13.2. The van der Waals surface area contributed by atoms with E-state index in [0.717, 1.165) is 11.6 Å². The van der Waals surface area contributed by atoms with Crippen LogP contribution in [-0.4, -0.2) is 48.9 Å². The van der Waals surface area contributed by atoms with E-state index in [2.05, 4.69) is 33.9 Å². The molecule has 0 bridgehead atoms. The minimum Gasteiger partial charge on any atom is -0.504 e. The number of aromatic hydroxyl groups is 1. The fraction of sp³-hybridized carbons (Fsp3) is 0.550. The molecule has 1 aliphatic rings. The zero-order valence-corrected chi connectivity index (χ0v) is 19.1. The molecule has 1 aliphatic heterocycles. The summed E-state index contributed by atoms with van der Waals surface area (Å²) in [5, 5.41) is 21.4. The molecule has 0 spiro atoms. The first-order chi connectivity index (χ1) is 13.3. The van der Waals surface area contributed by atoms with E-state index in [-0.39, 0.29) is 28.1 Å². The molecule has 9 heteroatoms. The van der Waals surface area contributed by atoms with E-state index in [0.29, 0.717) is 13.0 Å². The highest BCUT2D eigenvalue weighted by atomic mass is 28.4. The predicted octanol–water partition coefficient (Wildman–Crippen LogP) is 4.45. The molecule has 160 valence electrons. The third-order valence-electron chi connectivity index (χ3n) is 5.71. The highest BCUT2D eigenvalue weighted by Gasteiger charge is 2.40. The number of phenols is 1. The van der Waals surface area contributed by atoms with Gasteiger partial charge in [-0.25, -0.2) is 0 Å². The maximum Gasteiger partial charge on any atom is 0.286 e. The number of hydrogen-bond donors (Lipinski definition) is 1. The molecular formula is C20H30N2O6Si. The molecule has 1 aromatic rings. The number of ether oxygens (including phenoxy) is 1. The smallest absolute Gasteiger partial charge is 0.286 e. The standard InChI is InChI=1S/C20H30N2O6Si/c1-13-8-14(12-28-29(6,7)20(2,3)4)21(11-13)19(24)15-9-18(27-5)17(23)10-16(15)22(25)26/h9-11,14,23H,8,12H2,1-7H3/t14-/m0/s1. The van der Waals surface area contributed by atoms with Gasteiger partial charge in [-0.3, -0.25) is 14.9 Å². The Morgan fingerprint density at radius 2 is 2.00 bits per heavy atom. The summed E-state index contributed by atoms with van der Waals surface area (Å²) in [6.07, 6.45) is 2.36. The molecule has 0 radical (unpaired) electrons. The van der Waals surface area contributed by atoms with Crippen molar-refractivity contribution in [3.8, 4) is 11.5 Å². The SMILES string of the molecule is COc1cc(C(=O)N2C=C(C)C[C@H]2CO[Si](C)(C)C(C)(C)C)c([N+](=O)[O-])cc1O. The van der Waals surface area contributed by atoms with E-state index in [1.54, 1.807) is 6.20 Å². The Labute approximate surface area is 172 Å². The Balaban J connectivity index is 2.34. The lowest BCUT2D eigenvalue weighted by atomic mass is 10.1. The van der Waals surface area contributed by atoms with Crippen LogP contribution in [0.1, 0.15) is 44.5 Å². The molecule has 0 saturated heterocycles. The Bertz CT molecular complexity index is 844. The second-order valence-corrected chi connectivity index (χ2v) is 13.7. The summed E-state index contributed by atoms with van der Waals surface area (Å²) >= 11 is 0. The molecule has 1 amide bonds. The molecule has 1 N–H and O–H groups in total. The fourth-order valence-electron chi connectivity index (χ4n) is 2.93. The Kier molecular flexibility index (Phi) is 6.44. The first-order valence-corrected chi connectivity index (χ1v) is 12.4. The van der Waals surface area contributed by atoms with Gasteiger partial charge in [-0.2, -0.15) is 0 Å². The van der Waals surface area contributed by atoms with Gasteiger partial charge >= 0.3 is 0 Å². The van der Waals surface area contributed by atoms with Crippen molar-refractivity contribution in [1.29, 1.82) is 0 Å². The van der Waals surface area contributed by atoms with Crippen LogP contribution in [0, 0.1) is 10.1 Å². The van der Waals surface area contributed by atoms with Crippen molar-refractivity contribution >= 4 is 19.9 Å². The molecule has 1 heterocycles. The number of benzene rings is 1. The topological polar surface area (TPSA) is 102 Å². The van der Waals surface area contributed by atoms with E-state index >= 15 is 0 Å². The molecule has 0 aromatic heterocycles. The van der Waals surface area contributed by atoms with Crippen LogP contribution in [0.25, 0.3) is 0 Å². The molecule has 0 saturated carbocycles. The summed E-state index contributed by atoms with van der Waals surface area (Å²) in [5.41, 5.74) is 0.402. The normalized spacial score (nSPS) is 17.3. The van der Waals surface area contributed by atoms with E-state index in [4.69, 9.17) is 9.16 Å². The number of carbonyl (C=O) groups is 1. The number of nitrogens with zero attached hydrogens (tertiary/aromatic N) is 2. The van der Waals surface area contributed by atoms with Crippen molar-refractivity contribution in [3.05, 3.63) is 39.6 Å². The first-order valence-electron chi connectivity index (χ1n) is 9.48. The van der Waals surface area contributed by atoms with Crippen LogP contribution in [0.15, 0.2) is 23.9 Å². The number of phenolic OH excluding ortho intramolecular Hbond substituents is 1. The third kappa shape index (κ3) is 4.79. The quantitative estimate of drug-likeness (QED) is 0.413. The summed E-state index contributed by atoms with van der Waals surface area (Å²) in [7, 11) is -0.687. The largest absolute Gasteiger partial charge is 0.504 e. The lowest BCUT2D eigenvalue weighted by molar-refractivity contribution is -0.385. The van der Waals surface area contributed by atoms with Crippen LogP contribution >= 0.6 is 0 Å². The van der Waals surface area contributed by atoms with E-state index in [9.17, 15) is 20.0 Å². The van der Waals surface area contributed by atoms with Crippen molar-refractivity contribution in [2.45, 2.75) is 58.3 Å². The monoisotopic (exact) mass is 422 g/mol. The van der Waals surface area contributed by atoms with Crippen LogP contribution in [0.4, 0.5) is 5.69 Å². The van der Waals surface area contributed by atoms with E-state index < -0.39 is 24.8 Å². The number of hydrogen-bond acceptors (Lipinski definition) is 6. The van der Waals surface area contributed by atoms with E-state index in [1.165, 1.54) is 18.1 Å². The number of nitro groups is 1. The lowest BCUT2D eigenvalue weighted by Crippen LogP contribution is -2.45. The van der Waals surface area contributed by atoms with Gasteiger partial charge in [-0.05, 0) is 31.5 Å². The van der Waals surface area contributed by atoms with Crippen LogP contribution in [0.2, 0.25) is 18.1 Å². The first kappa shape index (κ1) is 22.9. The van der Waals surface area contributed by atoms with Gasteiger partial charge in [-0.15, -0.1) is 0 Å². The highest BCUT2D eigenvalue weighted by Crippen LogP contribution is 2.38. The summed E-state index contributed by atoms with van der Waals surface area (Å²) in [5.74, 6) is -0.898. The van der Waals surface area contributed by atoms with Gasteiger partial charge in [0, 0.05) is 12.3 Å². The number of rotatable bonds is 6. The van der Waals surface area contributed by atoms with Gasteiger partial charge in [0.1, 0.15) is 5.56 Å². The minimum atomic E-state index is -2.01. The van der Waals surface area contributed by atoms with Gasteiger partial charge < -0.3 is 19.2 Å². The van der Waals surface area contributed by atoms with Crippen molar-refractivity contribution in [3.63, 3.8) is 0 Å². The van der Waals surface area contributed by atoms with Crippen LogP contribution in [-0.2, 0) is 4.43 Å². The number of methoxy groups -OCH3 is 1. The summed E-state index contributed by atoms with van der Waals surface area (Å²) < 4.78 is 11.3. The Morgan fingerprint density at radius 1 is 1.38 bits per heavy atom. The average molecular weight is 423 g/mol. The van der Waals surface area contributed by atoms with Gasteiger partial charge in [0.15, 0.2) is 19.8 Å². The van der Waals surface area contributed by atoms with Crippen molar-refractivity contribution < 1.29 is 24.0 Å². The molecule has 0 fully saturated rings. The molecule has 29 heavy (non-hydrogen) atoms. The molecule has 0 aliphatic carbocycles. The van der Waals surface area contributed by atoms with Gasteiger partial charge in [-0.1, -0.05) is 26.3 Å². The summed E-state index contributed by atoms with van der Waals surface area (Å²) in [4.78, 5) is 25.5. The third-order valence-corrected chi connectivity index (χ3v) is 10.2. The van der Waals surface area contributed by atoms with Crippen molar-refractivity contribution in [1.82, 2.24) is 4.90 Å². The van der Waals surface area contributed by atoms with Crippen molar-refractivity contribution in [2.24, 2.45) is 0 Å². The minimum absolute atomic E-state index is 0.00733. The molecule has 2 rings (SSSR count). The number of carbonyl (C=O) groups excluding carboxylic acids is 1. The van der Waals surface area contributed by atoms with Gasteiger partial charge in [0.05, 0.1) is 30.7 Å². The van der Waals surface area contributed by atoms with Crippen LogP contribution in [0.5, 0.6) is 11.5 Å². The zero-order valence-electron chi connectivity index (χ0n) is 18.1. The average Bonchev–Trinajstić information content (AvgIpc) is 2.99. The van der Waals surface area contributed by atoms with E-state index in [1.807, 2.05) is 6.92 Å². The Morgan fingerprint density at radius 3 is 2.52 bits per heavy atom. The van der Waals surface area contributed by atoms with Gasteiger partial charge in [0.25, 0.3) is 11.6 Å². The number of nitro benzene ring substituents is 1. The molecular weight excluding hydrogens is 392 g/mol. The fourth-order valence-corrected chi connectivity index (χ4v) is 3.97. The Hall–Kier alpha value is -2.39. The van der Waals surface area contributed by atoms with Crippen LogP contribution < -0.4 is 4.74 Å². The summed E-state index contributed by atoms with van der Waals surface area (Å²) in [6, 6.07) is 1.92. The highest BCUT2D eigenvalue weighted by molar-refractivity contribution is 6.74. The second kappa shape index (κ2) is 8.15.